The molecule has 1 fully saturated rings. The Morgan fingerprint density at radius 2 is 2.00 bits per heavy atom. The van der Waals surface area contributed by atoms with E-state index >= 15 is 0 Å². The number of fused-ring (bicyclic) bond motifs is 1. The molecule has 0 spiro atoms. The highest BCUT2D eigenvalue weighted by Gasteiger charge is 2.14. The summed E-state index contributed by atoms with van der Waals surface area (Å²) in [5.74, 6) is 0. The lowest BCUT2D eigenvalue weighted by Crippen LogP contribution is -2.43. The molecule has 1 aromatic carbocycles. The molecule has 1 aliphatic rings. The van der Waals surface area contributed by atoms with Gasteiger partial charge in [0.05, 0.1) is 0 Å². The Kier molecular flexibility index (Phi) is 4.05. The summed E-state index contributed by atoms with van der Waals surface area (Å²) in [6.07, 6.45) is 0. The zero-order valence-electron chi connectivity index (χ0n) is 12.2. The molecule has 1 saturated heterocycles. The van der Waals surface area contributed by atoms with E-state index in [0.29, 0.717) is 6.54 Å². The van der Waals surface area contributed by atoms with Crippen molar-refractivity contribution < 1.29 is 0 Å². The molecule has 1 aromatic heterocycles. The maximum atomic E-state index is 5.76. The van der Waals surface area contributed by atoms with E-state index in [2.05, 4.69) is 46.0 Å². The number of benzene rings is 1. The van der Waals surface area contributed by atoms with Gasteiger partial charge in [-0.3, -0.25) is 4.90 Å². The fourth-order valence-corrected chi connectivity index (χ4v) is 3.09. The van der Waals surface area contributed by atoms with Crippen molar-refractivity contribution in [3.05, 3.63) is 35.5 Å². The highest BCUT2D eigenvalue weighted by molar-refractivity contribution is 5.82. The van der Waals surface area contributed by atoms with Gasteiger partial charge in [0.2, 0.25) is 0 Å². The predicted molar refractivity (Wildman–Crippen MR) is 83.7 cm³/mol. The first kappa shape index (κ1) is 13.6. The lowest BCUT2D eigenvalue weighted by molar-refractivity contribution is 0.228. The Morgan fingerprint density at radius 3 is 2.70 bits per heavy atom. The van der Waals surface area contributed by atoms with E-state index in [1.807, 2.05) is 0 Å². The third-order valence-corrected chi connectivity index (χ3v) is 4.20. The normalized spacial score (nSPS) is 16.9. The van der Waals surface area contributed by atoms with Crippen molar-refractivity contribution in [3.63, 3.8) is 0 Å². The standard InChI is InChI=1S/C16H24N4/c1-2-20-15(12-19-7-5-18-6-8-19)10-14-4-3-13(11-17)9-16(14)20/h3-4,9-10,18H,2,5-8,11-12,17H2,1H3. The van der Waals surface area contributed by atoms with E-state index in [1.54, 1.807) is 0 Å². The molecule has 1 aliphatic heterocycles. The highest BCUT2D eigenvalue weighted by atomic mass is 15.2. The number of hydrogen-bond acceptors (Lipinski definition) is 3. The molecule has 4 nitrogen and oxygen atoms in total. The third-order valence-electron chi connectivity index (χ3n) is 4.20. The minimum absolute atomic E-state index is 0.609. The predicted octanol–water partition coefficient (Wildman–Crippen LogP) is 1.53. The zero-order valence-corrected chi connectivity index (χ0v) is 12.2. The Balaban J connectivity index is 1.93. The molecule has 0 aliphatic carbocycles. The van der Waals surface area contributed by atoms with Gasteiger partial charge in [0, 0.05) is 57.0 Å². The van der Waals surface area contributed by atoms with E-state index in [4.69, 9.17) is 5.73 Å². The first-order chi connectivity index (χ1) is 9.81. The molecule has 4 heteroatoms. The molecule has 0 amide bonds. The average molecular weight is 272 g/mol. The Bertz CT molecular complexity index is 581. The smallest absolute Gasteiger partial charge is 0.0486 e. The van der Waals surface area contributed by atoms with Crippen molar-refractivity contribution in [1.82, 2.24) is 14.8 Å². The van der Waals surface area contributed by atoms with Gasteiger partial charge in [-0.2, -0.15) is 0 Å². The van der Waals surface area contributed by atoms with Crippen LogP contribution in [0.25, 0.3) is 10.9 Å². The van der Waals surface area contributed by atoms with Crippen LogP contribution in [0.1, 0.15) is 18.2 Å². The molecule has 0 saturated carbocycles. The summed E-state index contributed by atoms with van der Waals surface area (Å²) < 4.78 is 2.43. The second kappa shape index (κ2) is 5.95. The molecule has 3 N–H and O–H groups in total. The summed E-state index contributed by atoms with van der Waals surface area (Å²) in [7, 11) is 0. The van der Waals surface area contributed by atoms with Crippen molar-refractivity contribution in [3.8, 4) is 0 Å². The SMILES string of the molecule is CCn1c(CN2CCNCC2)cc2ccc(CN)cc21. The van der Waals surface area contributed by atoms with Crippen LogP contribution in [0.2, 0.25) is 0 Å². The largest absolute Gasteiger partial charge is 0.344 e. The van der Waals surface area contributed by atoms with Gasteiger partial charge in [-0.25, -0.2) is 0 Å². The topological polar surface area (TPSA) is 46.2 Å². The summed E-state index contributed by atoms with van der Waals surface area (Å²) >= 11 is 0. The second-order valence-corrected chi connectivity index (χ2v) is 5.50. The van der Waals surface area contributed by atoms with Crippen LogP contribution < -0.4 is 11.1 Å². The molecule has 108 valence electrons. The maximum Gasteiger partial charge on any atom is 0.0486 e. The lowest BCUT2D eigenvalue weighted by Gasteiger charge is -2.27. The minimum atomic E-state index is 0.609. The first-order valence-corrected chi connectivity index (χ1v) is 7.56. The van der Waals surface area contributed by atoms with E-state index in [9.17, 15) is 0 Å². The van der Waals surface area contributed by atoms with Gasteiger partial charge >= 0.3 is 0 Å². The number of hydrogen-bond donors (Lipinski definition) is 2. The summed E-state index contributed by atoms with van der Waals surface area (Å²) in [4.78, 5) is 2.53. The molecule has 3 rings (SSSR count). The lowest BCUT2D eigenvalue weighted by atomic mass is 10.1. The van der Waals surface area contributed by atoms with Crippen LogP contribution in [-0.2, 0) is 19.6 Å². The number of aromatic nitrogens is 1. The number of nitrogens with one attached hydrogen (secondary N) is 1. The van der Waals surface area contributed by atoms with Crippen LogP contribution in [0.5, 0.6) is 0 Å². The summed E-state index contributed by atoms with van der Waals surface area (Å²) in [6, 6.07) is 8.91. The fourth-order valence-electron chi connectivity index (χ4n) is 3.09. The quantitative estimate of drug-likeness (QED) is 0.887. The Morgan fingerprint density at radius 1 is 1.20 bits per heavy atom. The first-order valence-electron chi connectivity index (χ1n) is 7.56. The Labute approximate surface area is 120 Å². The van der Waals surface area contributed by atoms with E-state index < -0.39 is 0 Å². The molecule has 0 bridgehead atoms. The summed E-state index contributed by atoms with van der Waals surface area (Å²) in [5.41, 5.74) is 9.71. The van der Waals surface area contributed by atoms with E-state index in [-0.39, 0.29) is 0 Å². The van der Waals surface area contributed by atoms with Crippen molar-refractivity contribution in [1.29, 1.82) is 0 Å². The highest BCUT2D eigenvalue weighted by Crippen LogP contribution is 2.22. The average Bonchev–Trinajstić information content (AvgIpc) is 2.84. The van der Waals surface area contributed by atoms with Gasteiger partial charge in [-0.05, 0) is 30.0 Å². The monoisotopic (exact) mass is 272 g/mol. The zero-order chi connectivity index (χ0) is 13.9. The third kappa shape index (κ3) is 2.59. The molecule has 0 atom stereocenters. The molecular formula is C16H24N4. The minimum Gasteiger partial charge on any atom is -0.344 e. The van der Waals surface area contributed by atoms with Crippen LogP contribution >= 0.6 is 0 Å². The van der Waals surface area contributed by atoms with Crippen LogP contribution in [0.3, 0.4) is 0 Å². The molecular weight excluding hydrogens is 248 g/mol. The summed E-state index contributed by atoms with van der Waals surface area (Å²) in [5, 5.41) is 4.74. The maximum absolute atomic E-state index is 5.76. The van der Waals surface area contributed by atoms with Gasteiger partial charge in [-0.15, -0.1) is 0 Å². The molecule has 2 aromatic rings. The van der Waals surface area contributed by atoms with E-state index in [1.165, 1.54) is 22.2 Å². The molecule has 0 unspecified atom stereocenters. The van der Waals surface area contributed by atoms with Gasteiger partial charge in [0.25, 0.3) is 0 Å². The van der Waals surface area contributed by atoms with Crippen LogP contribution in [0.4, 0.5) is 0 Å². The van der Waals surface area contributed by atoms with Gasteiger partial charge < -0.3 is 15.6 Å². The Hall–Kier alpha value is -1.36. The number of rotatable bonds is 4. The van der Waals surface area contributed by atoms with E-state index in [0.717, 1.165) is 39.3 Å². The molecule has 20 heavy (non-hydrogen) atoms. The number of nitrogens with zero attached hydrogens (tertiary/aromatic N) is 2. The fraction of sp³-hybridized carbons (Fsp3) is 0.500. The number of nitrogens with two attached hydrogens (primary N) is 1. The number of piperazine rings is 1. The molecule has 0 radical (unpaired) electrons. The number of aryl methyl sites for hydroxylation is 1. The van der Waals surface area contributed by atoms with Crippen molar-refractivity contribution >= 4 is 10.9 Å². The second-order valence-electron chi connectivity index (χ2n) is 5.50. The van der Waals surface area contributed by atoms with Crippen molar-refractivity contribution in [2.45, 2.75) is 26.6 Å². The summed E-state index contributed by atoms with van der Waals surface area (Å²) in [6.45, 7) is 9.36. The van der Waals surface area contributed by atoms with Gasteiger partial charge in [0.1, 0.15) is 0 Å². The van der Waals surface area contributed by atoms with Gasteiger partial charge in [-0.1, -0.05) is 12.1 Å². The van der Waals surface area contributed by atoms with Crippen molar-refractivity contribution in [2.75, 3.05) is 26.2 Å². The van der Waals surface area contributed by atoms with Crippen LogP contribution in [0.15, 0.2) is 24.3 Å². The molecule has 2 heterocycles. The van der Waals surface area contributed by atoms with Crippen molar-refractivity contribution in [2.24, 2.45) is 5.73 Å². The van der Waals surface area contributed by atoms with Gasteiger partial charge in [0.15, 0.2) is 0 Å². The van der Waals surface area contributed by atoms with Crippen LogP contribution in [0, 0.1) is 0 Å². The van der Waals surface area contributed by atoms with Crippen LogP contribution in [-0.4, -0.2) is 35.6 Å².